The SMILES string of the molecule is Cc1nnc(-c2ccc(C(=O)NCCc3ccccc3F)cc2)o1. The maximum Gasteiger partial charge on any atom is 0.251 e. The average Bonchev–Trinajstić information content (AvgIpc) is 3.03. The number of aryl methyl sites for hydroxylation is 1. The molecule has 0 aliphatic heterocycles. The molecule has 6 heteroatoms. The summed E-state index contributed by atoms with van der Waals surface area (Å²) in [5.41, 5.74) is 1.85. The van der Waals surface area contributed by atoms with Gasteiger partial charge in [0.25, 0.3) is 5.91 Å². The van der Waals surface area contributed by atoms with Crippen LogP contribution in [0, 0.1) is 12.7 Å². The number of carbonyl (C=O) groups is 1. The van der Waals surface area contributed by atoms with E-state index < -0.39 is 0 Å². The number of carbonyl (C=O) groups excluding carboxylic acids is 1. The Morgan fingerprint density at radius 2 is 1.88 bits per heavy atom. The van der Waals surface area contributed by atoms with Crippen molar-refractivity contribution in [1.82, 2.24) is 15.5 Å². The number of hydrogen-bond donors (Lipinski definition) is 1. The van der Waals surface area contributed by atoms with Crippen molar-refractivity contribution < 1.29 is 13.6 Å². The van der Waals surface area contributed by atoms with Crippen molar-refractivity contribution in [3.8, 4) is 11.5 Å². The number of rotatable bonds is 5. The van der Waals surface area contributed by atoms with Gasteiger partial charge in [-0.2, -0.15) is 0 Å². The number of amides is 1. The summed E-state index contributed by atoms with van der Waals surface area (Å²) in [6.45, 7) is 2.08. The molecule has 0 aliphatic rings. The molecule has 0 unspecified atom stereocenters. The van der Waals surface area contributed by atoms with Gasteiger partial charge >= 0.3 is 0 Å². The molecule has 0 fully saturated rings. The summed E-state index contributed by atoms with van der Waals surface area (Å²) in [5, 5.41) is 10.5. The molecule has 0 atom stereocenters. The first-order chi connectivity index (χ1) is 11.6. The highest BCUT2D eigenvalue weighted by Gasteiger charge is 2.09. The maximum atomic E-state index is 13.5. The van der Waals surface area contributed by atoms with Gasteiger partial charge in [0.15, 0.2) is 0 Å². The molecule has 3 aromatic rings. The van der Waals surface area contributed by atoms with Crippen molar-refractivity contribution in [3.63, 3.8) is 0 Å². The van der Waals surface area contributed by atoms with Crippen molar-refractivity contribution in [3.05, 3.63) is 71.4 Å². The summed E-state index contributed by atoms with van der Waals surface area (Å²) in [7, 11) is 0. The molecule has 1 heterocycles. The van der Waals surface area contributed by atoms with Crippen LogP contribution in [0.25, 0.3) is 11.5 Å². The van der Waals surface area contributed by atoms with Gasteiger partial charge in [-0.15, -0.1) is 10.2 Å². The van der Waals surface area contributed by atoms with Gasteiger partial charge in [-0.3, -0.25) is 4.79 Å². The average molecular weight is 325 g/mol. The van der Waals surface area contributed by atoms with E-state index in [1.165, 1.54) is 6.07 Å². The van der Waals surface area contributed by atoms with Crippen molar-refractivity contribution >= 4 is 5.91 Å². The van der Waals surface area contributed by atoms with Crippen LogP contribution in [0.15, 0.2) is 52.9 Å². The largest absolute Gasteiger partial charge is 0.421 e. The maximum absolute atomic E-state index is 13.5. The summed E-state index contributed by atoms with van der Waals surface area (Å²) in [4.78, 5) is 12.1. The normalized spacial score (nSPS) is 10.6. The lowest BCUT2D eigenvalue weighted by molar-refractivity contribution is 0.0954. The third kappa shape index (κ3) is 3.65. The van der Waals surface area contributed by atoms with Gasteiger partial charge in [-0.05, 0) is 42.3 Å². The molecule has 2 aromatic carbocycles. The third-order valence-electron chi connectivity index (χ3n) is 3.56. The monoisotopic (exact) mass is 325 g/mol. The Morgan fingerprint density at radius 1 is 1.12 bits per heavy atom. The van der Waals surface area contributed by atoms with Crippen molar-refractivity contribution in [1.29, 1.82) is 0 Å². The van der Waals surface area contributed by atoms with Gasteiger partial charge in [0, 0.05) is 24.6 Å². The van der Waals surface area contributed by atoms with Crippen LogP contribution < -0.4 is 5.32 Å². The summed E-state index contributed by atoms with van der Waals surface area (Å²) < 4.78 is 18.8. The third-order valence-corrected chi connectivity index (χ3v) is 3.56. The van der Waals surface area contributed by atoms with E-state index in [-0.39, 0.29) is 11.7 Å². The van der Waals surface area contributed by atoms with Crippen LogP contribution >= 0.6 is 0 Å². The highest BCUT2D eigenvalue weighted by atomic mass is 19.1. The van der Waals surface area contributed by atoms with E-state index in [4.69, 9.17) is 4.42 Å². The molecule has 1 aromatic heterocycles. The zero-order valence-corrected chi connectivity index (χ0v) is 13.1. The zero-order valence-electron chi connectivity index (χ0n) is 13.1. The number of nitrogens with one attached hydrogen (secondary N) is 1. The fourth-order valence-electron chi connectivity index (χ4n) is 2.29. The number of benzene rings is 2. The standard InChI is InChI=1S/C18H16FN3O2/c1-12-21-22-18(24-12)15-8-6-14(7-9-15)17(23)20-11-10-13-4-2-3-5-16(13)19/h2-9H,10-11H2,1H3,(H,20,23). The zero-order chi connectivity index (χ0) is 16.9. The predicted octanol–water partition coefficient (Wildman–Crippen LogP) is 3.16. The molecule has 0 radical (unpaired) electrons. The fourth-order valence-corrected chi connectivity index (χ4v) is 2.29. The molecule has 0 aliphatic carbocycles. The lowest BCUT2D eigenvalue weighted by Gasteiger charge is -2.06. The highest BCUT2D eigenvalue weighted by Crippen LogP contribution is 2.18. The second kappa shape index (κ2) is 7.04. The van der Waals surface area contributed by atoms with E-state index in [1.807, 2.05) is 0 Å². The molecule has 0 saturated heterocycles. The number of aromatic nitrogens is 2. The first kappa shape index (κ1) is 15.9. The van der Waals surface area contributed by atoms with E-state index >= 15 is 0 Å². The Bertz CT molecular complexity index is 843. The van der Waals surface area contributed by atoms with E-state index in [9.17, 15) is 9.18 Å². The topological polar surface area (TPSA) is 68.0 Å². The first-order valence-corrected chi connectivity index (χ1v) is 7.55. The molecule has 24 heavy (non-hydrogen) atoms. The van der Waals surface area contributed by atoms with Gasteiger partial charge in [0.1, 0.15) is 5.82 Å². The number of halogens is 1. The van der Waals surface area contributed by atoms with Crippen molar-refractivity contribution in [2.75, 3.05) is 6.54 Å². The van der Waals surface area contributed by atoms with Crippen LogP contribution in [-0.4, -0.2) is 22.6 Å². The van der Waals surface area contributed by atoms with Crippen LogP contribution in [0.5, 0.6) is 0 Å². The van der Waals surface area contributed by atoms with Crippen molar-refractivity contribution in [2.24, 2.45) is 0 Å². The van der Waals surface area contributed by atoms with Crippen LogP contribution in [0.2, 0.25) is 0 Å². The van der Waals surface area contributed by atoms with E-state index in [0.717, 1.165) is 5.56 Å². The van der Waals surface area contributed by atoms with E-state index in [0.29, 0.717) is 35.9 Å². The second-order valence-corrected chi connectivity index (χ2v) is 5.30. The Balaban J connectivity index is 1.58. The molecular formula is C18H16FN3O2. The molecule has 1 N–H and O–H groups in total. The summed E-state index contributed by atoms with van der Waals surface area (Å²) >= 11 is 0. The lowest BCUT2D eigenvalue weighted by Crippen LogP contribution is -2.25. The van der Waals surface area contributed by atoms with Gasteiger partial charge in [0.05, 0.1) is 0 Å². The quantitative estimate of drug-likeness (QED) is 0.782. The summed E-state index contributed by atoms with van der Waals surface area (Å²) in [6, 6.07) is 13.4. The van der Waals surface area contributed by atoms with E-state index in [2.05, 4.69) is 15.5 Å². The molecule has 0 spiro atoms. The smallest absolute Gasteiger partial charge is 0.251 e. The first-order valence-electron chi connectivity index (χ1n) is 7.55. The predicted molar refractivity (Wildman–Crippen MR) is 86.9 cm³/mol. The molecular weight excluding hydrogens is 309 g/mol. The van der Waals surface area contributed by atoms with Gasteiger partial charge in [0.2, 0.25) is 11.8 Å². The lowest BCUT2D eigenvalue weighted by atomic mass is 10.1. The van der Waals surface area contributed by atoms with Crippen LogP contribution in [0.4, 0.5) is 4.39 Å². The van der Waals surface area contributed by atoms with Crippen molar-refractivity contribution in [2.45, 2.75) is 13.3 Å². The number of hydrogen-bond acceptors (Lipinski definition) is 4. The van der Waals surface area contributed by atoms with Crippen LogP contribution in [-0.2, 0) is 6.42 Å². The highest BCUT2D eigenvalue weighted by molar-refractivity contribution is 5.94. The summed E-state index contributed by atoms with van der Waals surface area (Å²) in [5.74, 6) is 0.435. The molecule has 5 nitrogen and oxygen atoms in total. The van der Waals surface area contributed by atoms with E-state index in [1.54, 1.807) is 49.4 Å². The Kier molecular flexibility index (Phi) is 4.65. The molecule has 0 saturated carbocycles. The Labute approximate surface area is 138 Å². The van der Waals surface area contributed by atoms with Gasteiger partial charge < -0.3 is 9.73 Å². The second-order valence-electron chi connectivity index (χ2n) is 5.30. The Hall–Kier alpha value is -3.02. The van der Waals surface area contributed by atoms with Crippen LogP contribution in [0.1, 0.15) is 21.8 Å². The minimum atomic E-state index is -0.258. The summed E-state index contributed by atoms with van der Waals surface area (Å²) in [6.07, 6.45) is 0.442. The van der Waals surface area contributed by atoms with Gasteiger partial charge in [-0.1, -0.05) is 18.2 Å². The van der Waals surface area contributed by atoms with Gasteiger partial charge in [-0.25, -0.2) is 4.39 Å². The Morgan fingerprint density at radius 3 is 2.54 bits per heavy atom. The number of nitrogens with zero attached hydrogens (tertiary/aromatic N) is 2. The van der Waals surface area contributed by atoms with Crippen LogP contribution in [0.3, 0.4) is 0 Å². The minimum Gasteiger partial charge on any atom is -0.421 e. The molecule has 122 valence electrons. The molecule has 3 rings (SSSR count). The molecule has 0 bridgehead atoms. The fraction of sp³-hybridized carbons (Fsp3) is 0.167. The molecule has 1 amide bonds. The minimum absolute atomic E-state index is 0.209.